The molecule has 2 nitrogen and oxygen atoms in total. The summed E-state index contributed by atoms with van der Waals surface area (Å²) in [6.07, 6.45) is 0. The smallest absolute Gasteiger partial charge is 0.118 e. The van der Waals surface area contributed by atoms with Crippen LogP contribution in [0, 0.1) is 0 Å². The van der Waals surface area contributed by atoms with Crippen LogP contribution in [0.4, 0.5) is 0 Å². The van der Waals surface area contributed by atoms with Crippen LogP contribution < -0.4 is 10.1 Å². The summed E-state index contributed by atoms with van der Waals surface area (Å²) in [6, 6.07) is 8.21. The predicted molar refractivity (Wildman–Crippen MR) is 66.9 cm³/mol. The third kappa shape index (κ3) is 4.58. The van der Waals surface area contributed by atoms with E-state index >= 15 is 0 Å². The van der Waals surface area contributed by atoms with E-state index in [4.69, 9.17) is 4.74 Å². The number of hydrogen-bond donors (Lipinski definition) is 1. The molecule has 3 heteroatoms. The van der Waals surface area contributed by atoms with E-state index in [-0.39, 0.29) is 0 Å². The number of nitrogens with one attached hydrogen (secondary N) is 1. The van der Waals surface area contributed by atoms with Crippen LogP contribution in [0.1, 0.15) is 13.8 Å². The summed E-state index contributed by atoms with van der Waals surface area (Å²) in [5.41, 5.74) is 0. The second-order valence-corrected chi connectivity index (χ2v) is 4.92. The van der Waals surface area contributed by atoms with Gasteiger partial charge >= 0.3 is 0 Å². The molecule has 0 heterocycles. The first-order valence-corrected chi connectivity index (χ1v) is 6.15. The maximum atomic E-state index is 5.12. The molecule has 0 fully saturated rings. The lowest BCUT2D eigenvalue weighted by molar-refractivity contribution is 0.414. The molecule has 0 saturated heterocycles. The van der Waals surface area contributed by atoms with Crippen LogP contribution in [0.15, 0.2) is 29.2 Å². The molecule has 1 aromatic carbocycles. The number of thioether (sulfide) groups is 1. The first-order valence-electron chi connectivity index (χ1n) is 5.27. The van der Waals surface area contributed by atoms with Crippen molar-refractivity contribution >= 4 is 11.8 Å². The van der Waals surface area contributed by atoms with Crippen LogP contribution in [0.5, 0.6) is 5.75 Å². The van der Waals surface area contributed by atoms with Crippen molar-refractivity contribution < 1.29 is 4.74 Å². The van der Waals surface area contributed by atoms with Gasteiger partial charge in [0.1, 0.15) is 5.75 Å². The first-order chi connectivity index (χ1) is 7.26. The van der Waals surface area contributed by atoms with Crippen molar-refractivity contribution in [2.75, 3.05) is 20.2 Å². The van der Waals surface area contributed by atoms with E-state index in [0.717, 1.165) is 18.8 Å². The Bertz CT molecular complexity index is 273. The highest BCUT2D eigenvalue weighted by atomic mass is 32.2. The summed E-state index contributed by atoms with van der Waals surface area (Å²) >= 11 is 1.88. The molecule has 0 spiro atoms. The Morgan fingerprint density at radius 1 is 1.33 bits per heavy atom. The monoisotopic (exact) mass is 225 g/mol. The quantitative estimate of drug-likeness (QED) is 0.752. The molecule has 0 aromatic heterocycles. The lowest BCUT2D eigenvalue weighted by Crippen LogP contribution is -2.21. The van der Waals surface area contributed by atoms with Gasteiger partial charge in [0, 0.05) is 16.7 Å². The minimum Gasteiger partial charge on any atom is -0.497 e. The molecule has 1 atom stereocenters. The maximum absolute atomic E-state index is 5.12. The second kappa shape index (κ2) is 6.75. The number of methoxy groups -OCH3 is 1. The van der Waals surface area contributed by atoms with E-state index in [1.54, 1.807) is 7.11 Å². The van der Waals surface area contributed by atoms with Crippen molar-refractivity contribution in [2.24, 2.45) is 0 Å². The molecule has 0 amide bonds. The van der Waals surface area contributed by atoms with E-state index in [2.05, 4.69) is 31.3 Å². The largest absolute Gasteiger partial charge is 0.497 e. The summed E-state index contributed by atoms with van der Waals surface area (Å²) in [6.45, 7) is 6.45. The molecule has 1 N–H and O–H groups in total. The molecule has 0 radical (unpaired) electrons. The molecule has 15 heavy (non-hydrogen) atoms. The predicted octanol–water partition coefficient (Wildman–Crippen LogP) is 2.79. The van der Waals surface area contributed by atoms with Gasteiger partial charge in [-0.25, -0.2) is 0 Å². The summed E-state index contributed by atoms with van der Waals surface area (Å²) in [7, 11) is 1.69. The molecule has 0 aliphatic carbocycles. The average molecular weight is 225 g/mol. The summed E-state index contributed by atoms with van der Waals surface area (Å²) in [5, 5.41) is 3.94. The van der Waals surface area contributed by atoms with Crippen molar-refractivity contribution in [3.05, 3.63) is 24.3 Å². The van der Waals surface area contributed by atoms with Gasteiger partial charge in [-0.2, -0.15) is 0 Å². The second-order valence-electron chi connectivity index (χ2n) is 3.41. The van der Waals surface area contributed by atoms with Crippen LogP contribution >= 0.6 is 11.8 Å². The lowest BCUT2D eigenvalue weighted by atomic mass is 10.3. The fourth-order valence-electron chi connectivity index (χ4n) is 1.28. The summed E-state index contributed by atoms with van der Waals surface area (Å²) < 4.78 is 5.12. The Kier molecular flexibility index (Phi) is 5.58. The van der Waals surface area contributed by atoms with E-state index in [0.29, 0.717) is 5.25 Å². The van der Waals surface area contributed by atoms with Gasteiger partial charge in [-0.3, -0.25) is 0 Å². The van der Waals surface area contributed by atoms with Gasteiger partial charge in [-0.05, 0) is 30.8 Å². The van der Waals surface area contributed by atoms with Crippen LogP contribution in [0.25, 0.3) is 0 Å². The number of benzene rings is 1. The zero-order chi connectivity index (χ0) is 11.1. The van der Waals surface area contributed by atoms with Gasteiger partial charge < -0.3 is 10.1 Å². The van der Waals surface area contributed by atoms with Gasteiger partial charge in [-0.1, -0.05) is 13.8 Å². The molecule has 1 unspecified atom stereocenters. The molecule has 84 valence electrons. The van der Waals surface area contributed by atoms with E-state index in [1.165, 1.54) is 4.90 Å². The highest BCUT2D eigenvalue weighted by molar-refractivity contribution is 8.00. The van der Waals surface area contributed by atoms with Crippen molar-refractivity contribution in [1.82, 2.24) is 5.32 Å². The SMILES string of the molecule is CCNCC(C)Sc1ccc(OC)cc1. The van der Waals surface area contributed by atoms with Crippen molar-refractivity contribution in [2.45, 2.75) is 24.0 Å². The molecular weight excluding hydrogens is 206 g/mol. The molecule has 0 bridgehead atoms. The van der Waals surface area contributed by atoms with Gasteiger partial charge in [0.15, 0.2) is 0 Å². The number of rotatable bonds is 6. The highest BCUT2D eigenvalue weighted by Crippen LogP contribution is 2.24. The highest BCUT2D eigenvalue weighted by Gasteiger charge is 2.03. The Morgan fingerprint density at radius 2 is 2.00 bits per heavy atom. The molecular formula is C12H19NOS. The molecule has 1 rings (SSSR count). The third-order valence-electron chi connectivity index (χ3n) is 2.08. The van der Waals surface area contributed by atoms with Crippen LogP contribution in [-0.4, -0.2) is 25.4 Å². The number of ether oxygens (including phenoxy) is 1. The van der Waals surface area contributed by atoms with E-state index in [9.17, 15) is 0 Å². The average Bonchev–Trinajstić information content (AvgIpc) is 2.27. The molecule has 1 aromatic rings. The van der Waals surface area contributed by atoms with Crippen LogP contribution in [0.2, 0.25) is 0 Å². The molecule has 0 aliphatic heterocycles. The van der Waals surface area contributed by atoms with Gasteiger partial charge in [0.2, 0.25) is 0 Å². The van der Waals surface area contributed by atoms with Crippen molar-refractivity contribution in [3.63, 3.8) is 0 Å². The van der Waals surface area contributed by atoms with E-state index < -0.39 is 0 Å². The normalized spacial score (nSPS) is 12.5. The fourth-order valence-corrected chi connectivity index (χ4v) is 2.23. The van der Waals surface area contributed by atoms with Gasteiger partial charge in [0.25, 0.3) is 0 Å². The topological polar surface area (TPSA) is 21.3 Å². The van der Waals surface area contributed by atoms with Crippen LogP contribution in [0.3, 0.4) is 0 Å². The Labute approximate surface area is 96.4 Å². The third-order valence-corrected chi connectivity index (χ3v) is 3.19. The minimum atomic E-state index is 0.596. The zero-order valence-electron chi connectivity index (χ0n) is 9.62. The molecule has 0 saturated carbocycles. The summed E-state index contributed by atoms with van der Waals surface area (Å²) in [4.78, 5) is 1.29. The first kappa shape index (κ1) is 12.4. The standard InChI is InChI=1S/C12H19NOS/c1-4-13-9-10(2)15-12-7-5-11(14-3)6-8-12/h5-8,10,13H,4,9H2,1-3H3. The Morgan fingerprint density at radius 3 is 2.53 bits per heavy atom. The lowest BCUT2D eigenvalue weighted by Gasteiger charge is -2.11. The minimum absolute atomic E-state index is 0.596. The summed E-state index contributed by atoms with van der Waals surface area (Å²) in [5.74, 6) is 0.915. The van der Waals surface area contributed by atoms with Gasteiger partial charge in [0.05, 0.1) is 7.11 Å². The van der Waals surface area contributed by atoms with Crippen LogP contribution in [-0.2, 0) is 0 Å². The van der Waals surface area contributed by atoms with E-state index in [1.807, 2.05) is 23.9 Å². The molecule has 0 aliphatic rings. The van der Waals surface area contributed by atoms with Crippen molar-refractivity contribution in [3.8, 4) is 5.75 Å². The van der Waals surface area contributed by atoms with Crippen molar-refractivity contribution in [1.29, 1.82) is 0 Å². The maximum Gasteiger partial charge on any atom is 0.118 e. The Balaban J connectivity index is 2.42. The Hall–Kier alpha value is -0.670. The van der Waals surface area contributed by atoms with Gasteiger partial charge in [-0.15, -0.1) is 11.8 Å². The number of hydrogen-bond acceptors (Lipinski definition) is 3. The fraction of sp³-hybridized carbons (Fsp3) is 0.500. The zero-order valence-corrected chi connectivity index (χ0v) is 10.4.